The third-order valence-electron chi connectivity index (χ3n) is 3.35. The summed E-state index contributed by atoms with van der Waals surface area (Å²) >= 11 is 0. The molecule has 0 spiro atoms. The van der Waals surface area contributed by atoms with Gasteiger partial charge in [0, 0.05) is 25.3 Å². The van der Waals surface area contributed by atoms with Crippen molar-refractivity contribution in [2.45, 2.75) is 25.9 Å². The van der Waals surface area contributed by atoms with E-state index in [1.54, 1.807) is 0 Å². The van der Waals surface area contributed by atoms with Gasteiger partial charge in [0.2, 0.25) is 0 Å². The summed E-state index contributed by atoms with van der Waals surface area (Å²) in [6.07, 6.45) is 2.60. The van der Waals surface area contributed by atoms with Gasteiger partial charge < -0.3 is 10.5 Å². The Labute approximate surface area is 104 Å². The molecule has 1 unspecified atom stereocenters. The van der Waals surface area contributed by atoms with Crippen molar-refractivity contribution in [3.8, 4) is 0 Å². The molecule has 2 rings (SSSR count). The molecule has 1 fully saturated rings. The van der Waals surface area contributed by atoms with E-state index in [0.717, 1.165) is 44.8 Å². The largest absolute Gasteiger partial charge is 0.399 e. The molecule has 1 aromatic carbocycles. The van der Waals surface area contributed by atoms with Crippen molar-refractivity contribution >= 4 is 5.69 Å². The molecule has 0 bridgehead atoms. The van der Waals surface area contributed by atoms with Gasteiger partial charge in [-0.25, -0.2) is 0 Å². The van der Waals surface area contributed by atoms with Gasteiger partial charge in [-0.3, -0.25) is 4.90 Å². The molecule has 17 heavy (non-hydrogen) atoms. The molecule has 1 aromatic rings. The molecule has 0 radical (unpaired) electrons. The van der Waals surface area contributed by atoms with E-state index in [9.17, 15) is 0 Å². The van der Waals surface area contributed by atoms with E-state index in [-0.39, 0.29) is 0 Å². The topological polar surface area (TPSA) is 38.5 Å². The van der Waals surface area contributed by atoms with E-state index in [4.69, 9.17) is 10.5 Å². The Kier molecular flexibility index (Phi) is 4.40. The molecular weight excluding hydrogens is 212 g/mol. The zero-order chi connectivity index (χ0) is 12.1. The summed E-state index contributed by atoms with van der Waals surface area (Å²) in [6.45, 7) is 6.28. The predicted molar refractivity (Wildman–Crippen MR) is 71.0 cm³/mol. The quantitative estimate of drug-likeness (QED) is 0.809. The minimum absolute atomic E-state index is 0.421. The summed E-state index contributed by atoms with van der Waals surface area (Å²) in [6, 6.07) is 8.18. The van der Waals surface area contributed by atoms with Gasteiger partial charge in [0.05, 0.1) is 12.7 Å². The minimum atomic E-state index is 0.421. The number of rotatable bonds is 4. The summed E-state index contributed by atoms with van der Waals surface area (Å²) in [5.74, 6) is 0. The minimum Gasteiger partial charge on any atom is -0.399 e. The van der Waals surface area contributed by atoms with Gasteiger partial charge in [-0.1, -0.05) is 19.1 Å². The summed E-state index contributed by atoms with van der Waals surface area (Å²) in [5, 5.41) is 0. The predicted octanol–water partition coefficient (Wildman–Crippen LogP) is 1.92. The van der Waals surface area contributed by atoms with Crippen LogP contribution in [-0.4, -0.2) is 37.2 Å². The second kappa shape index (κ2) is 6.03. The van der Waals surface area contributed by atoms with Crippen LogP contribution < -0.4 is 5.73 Å². The summed E-state index contributed by atoms with van der Waals surface area (Å²) in [4.78, 5) is 2.49. The van der Waals surface area contributed by atoms with Crippen LogP contribution in [0.4, 0.5) is 5.69 Å². The van der Waals surface area contributed by atoms with Crippen molar-refractivity contribution in [3.05, 3.63) is 29.8 Å². The Morgan fingerprint density at radius 3 is 3.12 bits per heavy atom. The first-order valence-electron chi connectivity index (χ1n) is 6.46. The molecule has 1 aliphatic rings. The van der Waals surface area contributed by atoms with Crippen molar-refractivity contribution in [3.63, 3.8) is 0 Å². The van der Waals surface area contributed by atoms with E-state index in [1.165, 1.54) is 5.56 Å². The highest BCUT2D eigenvalue weighted by Crippen LogP contribution is 2.11. The first kappa shape index (κ1) is 12.4. The summed E-state index contributed by atoms with van der Waals surface area (Å²) in [5.41, 5.74) is 7.96. The molecule has 0 aliphatic carbocycles. The van der Waals surface area contributed by atoms with Gasteiger partial charge in [-0.2, -0.15) is 0 Å². The average molecular weight is 234 g/mol. The maximum absolute atomic E-state index is 5.78. The Morgan fingerprint density at radius 1 is 1.47 bits per heavy atom. The lowest BCUT2D eigenvalue weighted by Crippen LogP contribution is -2.42. The number of hydrogen-bond acceptors (Lipinski definition) is 3. The highest BCUT2D eigenvalue weighted by atomic mass is 16.5. The molecule has 3 heteroatoms. The van der Waals surface area contributed by atoms with Gasteiger partial charge in [0.25, 0.3) is 0 Å². The number of nitrogens with zero attached hydrogens (tertiary/aromatic N) is 1. The maximum Gasteiger partial charge on any atom is 0.0700 e. The molecule has 2 N–H and O–H groups in total. The molecule has 1 aliphatic heterocycles. The molecular formula is C14H22N2O. The molecule has 94 valence electrons. The highest BCUT2D eigenvalue weighted by molar-refractivity contribution is 5.40. The van der Waals surface area contributed by atoms with E-state index in [2.05, 4.69) is 24.0 Å². The van der Waals surface area contributed by atoms with E-state index in [1.807, 2.05) is 12.1 Å². The molecule has 1 saturated heterocycles. The standard InChI is InChI=1S/C14H22N2O/c1-2-14-11-16(8-9-17-14)7-6-12-4-3-5-13(15)10-12/h3-5,10,14H,2,6-9,11,15H2,1H3. The molecule has 0 aromatic heterocycles. The fourth-order valence-corrected chi connectivity index (χ4v) is 2.27. The van der Waals surface area contributed by atoms with E-state index < -0.39 is 0 Å². The van der Waals surface area contributed by atoms with Crippen LogP contribution in [0.25, 0.3) is 0 Å². The maximum atomic E-state index is 5.78. The number of morpholine rings is 1. The number of anilines is 1. The number of nitrogen functional groups attached to an aromatic ring is 1. The van der Waals surface area contributed by atoms with Crippen LogP contribution in [0.2, 0.25) is 0 Å². The first-order valence-corrected chi connectivity index (χ1v) is 6.46. The van der Waals surface area contributed by atoms with Crippen LogP contribution in [-0.2, 0) is 11.2 Å². The van der Waals surface area contributed by atoms with Crippen LogP contribution in [0.5, 0.6) is 0 Å². The Morgan fingerprint density at radius 2 is 2.35 bits per heavy atom. The van der Waals surface area contributed by atoms with Gasteiger partial charge in [-0.15, -0.1) is 0 Å². The molecule has 1 heterocycles. The number of nitrogens with two attached hydrogens (primary N) is 1. The highest BCUT2D eigenvalue weighted by Gasteiger charge is 2.18. The van der Waals surface area contributed by atoms with Crippen molar-refractivity contribution < 1.29 is 4.74 Å². The second-order valence-electron chi connectivity index (χ2n) is 4.70. The van der Waals surface area contributed by atoms with Gasteiger partial charge >= 0.3 is 0 Å². The number of benzene rings is 1. The number of hydrogen-bond donors (Lipinski definition) is 1. The van der Waals surface area contributed by atoms with Crippen LogP contribution in [0, 0.1) is 0 Å². The van der Waals surface area contributed by atoms with Crippen LogP contribution in [0.3, 0.4) is 0 Å². The fourth-order valence-electron chi connectivity index (χ4n) is 2.27. The molecule has 0 amide bonds. The Hall–Kier alpha value is -1.06. The third kappa shape index (κ3) is 3.72. The Balaban J connectivity index is 1.81. The summed E-state index contributed by atoms with van der Waals surface area (Å²) < 4.78 is 5.67. The van der Waals surface area contributed by atoms with Crippen molar-refractivity contribution in [2.24, 2.45) is 0 Å². The van der Waals surface area contributed by atoms with E-state index in [0.29, 0.717) is 6.10 Å². The van der Waals surface area contributed by atoms with Crippen LogP contribution in [0.15, 0.2) is 24.3 Å². The van der Waals surface area contributed by atoms with Crippen molar-refractivity contribution in [1.82, 2.24) is 4.90 Å². The Bertz CT molecular complexity index is 354. The monoisotopic (exact) mass is 234 g/mol. The molecule has 3 nitrogen and oxygen atoms in total. The zero-order valence-electron chi connectivity index (χ0n) is 10.6. The average Bonchev–Trinajstić information content (AvgIpc) is 2.37. The lowest BCUT2D eigenvalue weighted by molar-refractivity contribution is -0.0291. The van der Waals surface area contributed by atoms with Crippen molar-refractivity contribution in [2.75, 3.05) is 32.0 Å². The second-order valence-corrected chi connectivity index (χ2v) is 4.70. The van der Waals surface area contributed by atoms with Gasteiger partial charge in [0.15, 0.2) is 0 Å². The molecule has 0 saturated carbocycles. The lowest BCUT2D eigenvalue weighted by Gasteiger charge is -2.32. The lowest BCUT2D eigenvalue weighted by atomic mass is 10.1. The van der Waals surface area contributed by atoms with Gasteiger partial charge in [0.1, 0.15) is 0 Å². The van der Waals surface area contributed by atoms with Crippen LogP contribution in [0.1, 0.15) is 18.9 Å². The first-order chi connectivity index (χ1) is 8.28. The van der Waals surface area contributed by atoms with Gasteiger partial charge in [-0.05, 0) is 30.5 Å². The van der Waals surface area contributed by atoms with Crippen molar-refractivity contribution in [1.29, 1.82) is 0 Å². The van der Waals surface area contributed by atoms with E-state index >= 15 is 0 Å². The zero-order valence-corrected chi connectivity index (χ0v) is 10.6. The SMILES string of the molecule is CCC1CN(CCc2cccc(N)c2)CCO1. The fraction of sp³-hybridized carbons (Fsp3) is 0.571. The smallest absolute Gasteiger partial charge is 0.0700 e. The molecule has 1 atom stereocenters. The third-order valence-corrected chi connectivity index (χ3v) is 3.35. The van der Waals surface area contributed by atoms with Crippen LogP contribution >= 0.6 is 0 Å². The number of ether oxygens (including phenoxy) is 1. The summed E-state index contributed by atoms with van der Waals surface area (Å²) in [7, 11) is 0. The normalized spacial score (nSPS) is 21.6.